The lowest BCUT2D eigenvalue weighted by Gasteiger charge is -2.14. The molecule has 1 heteroatoms. The van der Waals surface area contributed by atoms with Gasteiger partial charge in [-0.2, -0.15) is 0 Å². The monoisotopic (exact) mass is 217 g/mol. The third kappa shape index (κ3) is 3.41. The minimum Gasteiger partial charge on any atom is -0.342 e. The Morgan fingerprint density at radius 3 is 2.38 bits per heavy atom. The highest BCUT2D eigenvalue weighted by Gasteiger charge is 2.05. The van der Waals surface area contributed by atoms with Crippen molar-refractivity contribution in [3.63, 3.8) is 0 Å². The van der Waals surface area contributed by atoms with Crippen molar-refractivity contribution in [2.75, 3.05) is 0 Å². The number of aromatic nitrogens is 1. The van der Waals surface area contributed by atoms with Crippen molar-refractivity contribution < 1.29 is 0 Å². The second-order valence-corrected chi connectivity index (χ2v) is 4.74. The molecule has 16 heavy (non-hydrogen) atoms. The Balaban J connectivity index is 2.58. The van der Waals surface area contributed by atoms with Gasteiger partial charge >= 0.3 is 0 Å². The van der Waals surface area contributed by atoms with Crippen molar-refractivity contribution in [1.29, 1.82) is 0 Å². The lowest BCUT2D eigenvalue weighted by Crippen LogP contribution is -2.27. The standard InChI is InChI=1S/C15H23N/c1-6-7-12(2)10-13(3)11-16-14(4)8-9-15(16)5/h8-9,13H,2,4-7,10-11H2,1,3H3. The van der Waals surface area contributed by atoms with E-state index in [9.17, 15) is 0 Å². The van der Waals surface area contributed by atoms with E-state index in [1.165, 1.54) is 12.0 Å². The molecular formula is C15H23N. The molecule has 0 bridgehead atoms. The molecule has 1 nitrogen and oxygen atoms in total. The number of hydrogen-bond acceptors (Lipinski definition) is 0. The molecule has 0 aliphatic rings. The van der Waals surface area contributed by atoms with Crippen LogP contribution in [0.5, 0.6) is 0 Å². The van der Waals surface area contributed by atoms with Gasteiger partial charge in [-0.25, -0.2) is 0 Å². The number of rotatable bonds is 6. The van der Waals surface area contributed by atoms with E-state index < -0.39 is 0 Å². The Bertz CT molecular complexity index is 411. The van der Waals surface area contributed by atoms with Gasteiger partial charge in [0.05, 0.1) is 0 Å². The highest BCUT2D eigenvalue weighted by atomic mass is 15.0. The van der Waals surface area contributed by atoms with Crippen molar-refractivity contribution in [2.45, 2.75) is 39.7 Å². The van der Waals surface area contributed by atoms with Gasteiger partial charge in [0.2, 0.25) is 0 Å². The first-order valence-electron chi connectivity index (χ1n) is 6.04. The summed E-state index contributed by atoms with van der Waals surface area (Å²) in [5, 5.41) is 2.11. The van der Waals surface area contributed by atoms with E-state index in [-0.39, 0.29) is 0 Å². The predicted octanol–water partition coefficient (Wildman–Crippen LogP) is 2.69. The lowest BCUT2D eigenvalue weighted by atomic mass is 9.99. The van der Waals surface area contributed by atoms with E-state index in [0.29, 0.717) is 5.92 Å². The van der Waals surface area contributed by atoms with Crippen molar-refractivity contribution in [3.05, 3.63) is 35.0 Å². The SMILES string of the molecule is C=C(CCC)CC(C)Cn1c(=C)ccc1=C. The maximum Gasteiger partial charge on any atom is 0.0338 e. The van der Waals surface area contributed by atoms with Crippen LogP contribution in [-0.2, 0) is 6.54 Å². The summed E-state index contributed by atoms with van der Waals surface area (Å²) in [4.78, 5) is 0. The van der Waals surface area contributed by atoms with Crippen LogP contribution in [0.15, 0.2) is 24.3 Å². The van der Waals surface area contributed by atoms with Gasteiger partial charge in [0.25, 0.3) is 0 Å². The van der Waals surface area contributed by atoms with Crippen molar-refractivity contribution in [2.24, 2.45) is 5.92 Å². The summed E-state index contributed by atoms with van der Waals surface area (Å²) in [5.74, 6) is 0.604. The fourth-order valence-electron chi connectivity index (χ4n) is 2.12. The zero-order valence-corrected chi connectivity index (χ0v) is 10.6. The fourth-order valence-corrected chi connectivity index (χ4v) is 2.12. The number of hydrogen-bond donors (Lipinski definition) is 0. The minimum absolute atomic E-state index is 0.604. The molecule has 0 fully saturated rings. The summed E-state index contributed by atoms with van der Waals surface area (Å²) < 4.78 is 2.18. The summed E-state index contributed by atoms with van der Waals surface area (Å²) in [5.41, 5.74) is 1.36. The average molecular weight is 217 g/mol. The molecule has 0 radical (unpaired) electrons. The second kappa shape index (κ2) is 5.74. The summed E-state index contributed by atoms with van der Waals surface area (Å²) >= 11 is 0. The molecule has 0 aliphatic heterocycles. The zero-order valence-electron chi connectivity index (χ0n) is 10.6. The Labute approximate surface area is 98.8 Å². The van der Waals surface area contributed by atoms with Crippen LogP contribution >= 0.6 is 0 Å². The Kier molecular flexibility index (Phi) is 4.60. The molecule has 1 heterocycles. The van der Waals surface area contributed by atoms with Crippen molar-refractivity contribution in [1.82, 2.24) is 4.57 Å². The normalized spacial score (nSPS) is 12.6. The molecule has 1 aromatic rings. The first-order valence-corrected chi connectivity index (χ1v) is 6.04. The Hall–Kier alpha value is -1.24. The highest BCUT2D eigenvalue weighted by molar-refractivity contribution is 5.09. The third-order valence-corrected chi connectivity index (χ3v) is 2.90. The highest BCUT2D eigenvalue weighted by Crippen LogP contribution is 2.15. The quantitative estimate of drug-likeness (QED) is 0.646. The van der Waals surface area contributed by atoms with Gasteiger partial charge in [0.1, 0.15) is 0 Å². The van der Waals surface area contributed by atoms with Crippen LogP contribution in [0.2, 0.25) is 0 Å². The second-order valence-electron chi connectivity index (χ2n) is 4.74. The maximum absolute atomic E-state index is 4.12. The fraction of sp³-hybridized carbons (Fsp3) is 0.467. The van der Waals surface area contributed by atoms with Crippen LogP contribution in [0.1, 0.15) is 33.1 Å². The molecular weight excluding hydrogens is 194 g/mol. The van der Waals surface area contributed by atoms with Gasteiger partial charge in [0.15, 0.2) is 0 Å². The van der Waals surface area contributed by atoms with E-state index in [2.05, 4.69) is 38.2 Å². The van der Waals surface area contributed by atoms with E-state index in [1.807, 2.05) is 12.1 Å². The van der Waals surface area contributed by atoms with Gasteiger partial charge in [-0.1, -0.05) is 45.6 Å². The van der Waals surface area contributed by atoms with Crippen LogP contribution < -0.4 is 10.7 Å². The topological polar surface area (TPSA) is 4.93 Å². The van der Waals surface area contributed by atoms with Crippen LogP contribution in [0.3, 0.4) is 0 Å². The van der Waals surface area contributed by atoms with Gasteiger partial charge in [-0.15, -0.1) is 0 Å². The zero-order chi connectivity index (χ0) is 12.1. The molecule has 88 valence electrons. The Morgan fingerprint density at radius 1 is 1.31 bits per heavy atom. The summed E-state index contributed by atoms with van der Waals surface area (Å²) in [6, 6.07) is 4.05. The van der Waals surface area contributed by atoms with Crippen molar-refractivity contribution in [3.8, 4) is 0 Å². The minimum atomic E-state index is 0.604. The average Bonchev–Trinajstić information content (AvgIpc) is 2.49. The van der Waals surface area contributed by atoms with E-state index in [4.69, 9.17) is 0 Å². The summed E-state index contributed by atoms with van der Waals surface area (Å²) in [6.07, 6.45) is 3.44. The molecule has 0 aromatic carbocycles. The lowest BCUT2D eigenvalue weighted by molar-refractivity contribution is 0.462. The van der Waals surface area contributed by atoms with Crippen molar-refractivity contribution >= 4 is 13.2 Å². The molecule has 0 saturated carbocycles. The molecule has 0 spiro atoms. The van der Waals surface area contributed by atoms with Crippen LogP contribution in [0, 0.1) is 5.92 Å². The smallest absolute Gasteiger partial charge is 0.0338 e. The first kappa shape index (κ1) is 12.8. The number of nitrogens with zero attached hydrogens (tertiary/aromatic N) is 1. The van der Waals surface area contributed by atoms with Crippen LogP contribution in [-0.4, -0.2) is 4.57 Å². The van der Waals surface area contributed by atoms with Gasteiger partial charge in [0, 0.05) is 17.2 Å². The van der Waals surface area contributed by atoms with E-state index in [1.54, 1.807) is 0 Å². The van der Waals surface area contributed by atoms with E-state index in [0.717, 1.165) is 30.1 Å². The van der Waals surface area contributed by atoms with Gasteiger partial charge < -0.3 is 4.57 Å². The predicted molar refractivity (Wildman–Crippen MR) is 72.6 cm³/mol. The third-order valence-electron chi connectivity index (χ3n) is 2.90. The van der Waals surface area contributed by atoms with E-state index >= 15 is 0 Å². The largest absolute Gasteiger partial charge is 0.342 e. The molecule has 0 aliphatic carbocycles. The van der Waals surface area contributed by atoms with Crippen LogP contribution in [0.4, 0.5) is 0 Å². The molecule has 0 N–H and O–H groups in total. The molecule has 0 saturated heterocycles. The molecule has 1 rings (SSSR count). The number of allylic oxidation sites excluding steroid dienone is 1. The molecule has 1 unspecified atom stereocenters. The first-order chi connectivity index (χ1) is 7.54. The Morgan fingerprint density at radius 2 is 1.88 bits per heavy atom. The van der Waals surface area contributed by atoms with Gasteiger partial charge in [-0.05, 0) is 30.9 Å². The summed E-state index contributed by atoms with van der Waals surface area (Å²) in [6.45, 7) is 17.6. The molecule has 1 atom stereocenters. The molecule has 1 aromatic heterocycles. The molecule has 0 amide bonds. The summed E-state index contributed by atoms with van der Waals surface area (Å²) in [7, 11) is 0. The van der Waals surface area contributed by atoms with Gasteiger partial charge in [-0.3, -0.25) is 0 Å². The maximum atomic E-state index is 4.12. The van der Waals surface area contributed by atoms with Crippen LogP contribution in [0.25, 0.3) is 13.2 Å².